The van der Waals surface area contributed by atoms with Gasteiger partial charge < -0.3 is 30.6 Å². The quantitative estimate of drug-likeness (QED) is 0.169. The van der Waals surface area contributed by atoms with E-state index in [2.05, 4.69) is 0 Å². The maximum absolute atomic E-state index is 11.5. The molecule has 16 heteroatoms. The summed E-state index contributed by atoms with van der Waals surface area (Å²) >= 11 is 0. The number of aliphatic hydroxyl groups excluding tert-OH is 4. The van der Waals surface area contributed by atoms with Crippen molar-refractivity contribution < 1.29 is 56.6 Å². The number of rotatable bonds is 8. The molecule has 0 bridgehead atoms. The first-order valence-electron chi connectivity index (χ1n) is 7.14. The molecular weight excluding hydrogens is 404 g/mol. The van der Waals surface area contributed by atoms with E-state index in [9.17, 15) is 46.4 Å². The van der Waals surface area contributed by atoms with Crippen LogP contribution in [0.5, 0.6) is 0 Å². The largest absolute Gasteiger partial charge is 0.393 e. The van der Waals surface area contributed by atoms with E-state index in [4.69, 9.17) is 10.2 Å². The van der Waals surface area contributed by atoms with Gasteiger partial charge in [-0.2, -0.15) is 16.8 Å². The Bertz CT molecular complexity index is 631. The van der Waals surface area contributed by atoms with E-state index in [1.54, 1.807) is 0 Å². The number of hydrogen-bond donors (Lipinski definition) is 8. The molecule has 1 aliphatic rings. The highest BCUT2D eigenvalue weighted by atomic mass is 32.2. The van der Waals surface area contributed by atoms with Gasteiger partial charge in [-0.05, 0) is 0 Å². The summed E-state index contributed by atoms with van der Waals surface area (Å²) in [4.78, 5) is 1.19. The van der Waals surface area contributed by atoms with E-state index in [0.29, 0.717) is 9.80 Å². The van der Waals surface area contributed by atoms with Crippen LogP contribution < -0.4 is 0 Å². The Morgan fingerprint density at radius 1 is 0.731 bits per heavy atom. The Hall–Kier alpha value is -0.500. The highest BCUT2D eigenvalue weighted by Crippen LogP contribution is 2.29. The van der Waals surface area contributed by atoms with E-state index in [1.807, 2.05) is 0 Å². The second-order valence-electron chi connectivity index (χ2n) is 5.64. The molecular formula is C10H22N2O12S2. The zero-order valence-corrected chi connectivity index (χ0v) is 15.0. The van der Waals surface area contributed by atoms with Crippen molar-refractivity contribution in [2.75, 3.05) is 39.4 Å². The van der Waals surface area contributed by atoms with Crippen molar-refractivity contribution in [3.05, 3.63) is 0 Å². The minimum absolute atomic E-state index is 0.593. The Labute approximate surface area is 149 Å². The Morgan fingerprint density at radius 2 is 0.962 bits per heavy atom. The third-order valence-electron chi connectivity index (χ3n) is 4.16. The van der Waals surface area contributed by atoms with Crippen molar-refractivity contribution in [2.24, 2.45) is 0 Å². The summed E-state index contributed by atoms with van der Waals surface area (Å²) < 4.78 is 64.3. The lowest BCUT2D eigenvalue weighted by Crippen LogP contribution is -2.71. The number of nitrogens with zero attached hydrogens (tertiary/aromatic N) is 2. The lowest BCUT2D eigenvalue weighted by atomic mass is 10.2. The zero-order valence-electron chi connectivity index (χ0n) is 13.3. The maximum Gasteiger partial charge on any atom is 0.312 e. The molecule has 14 nitrogen and oxygen atoms in total. The fourth-order valence-corrected chi connectivity index (χ4v) is 4.53. The minimum atomic E-state index is -5.34. The SMILES string of the molecule is O=S(=O)(O)C(O)(C(O)CO)N1CCN(C(O)(C(O)CO)S(=O)(=O)O)CC1. The minimum Gasteiger partial charge on any atom is -0.393 e. The predicted molar refractivity (Wildman–Crippen MR) is 82.3 cm³/mol. The van der Waals surface area contributed by atoms with Gasteiger partial charge in [-0.3, -0.25) is 18.9 Å². The van der Waals surface area contributed by atoms with Gasteiger partial charge in [-0.1, -0.05) is 0 Å². The van der Waals surface area contributed by atoms with Crippen LogP contribution in [-0.4, -0.2) is 128 Å². The van der Waals surface area contributed by atoms with E-state index in [1.165, 1.54) is 0 Å². The average molecular weight is 426 g/mol. The summed E-state index contributed by atoms with van der Waals surface area (Å²) in [7, 11) is -10.7. The molecule has 0 aromatic rings. The molecule has 8 N–H and O–H groups in total. The van der Waals surface area contributed by atoms with E-state index >= 15 is 0 Å². The van der Waals surface area contributed by atoms with Crippen LogP contribution in [0.1, 0.15) is 0 Å². The van der Waals surface area contributed by atoms with Crippen molar-refractivity contribution in [3.63, 3.8) is 0 Å². The third-order valence-corrected chi connectivity index (χ3v) is 6.74. The molecule has 1 heterocycles. The Balaban J connectivity index is 3.15. The standard InChI is InChI=1S/C10H22N2O12S2/c13-5-7(15)9(17,25(19,20)21)11-1-2-12(4-3-11)10(18,8(16)6-14)26(22,23)24/h7-8,13-18H,1-6H2,(H,19,20,21)(H,22,23,24). The highest BCUT2D eigenvalue weighted by Gasteiger charge is 2.57. The van der Waals surface area contributed by atoms with Crippen molar-refractivity contribution in [1.82, 2.24) is 9.80 Å². The molecule has 4 atom stereocenters. The first kappa shape index (κ1) is 23.5. The molecule has 0 saturated carbocycles. The molecule has 0 aliphatic carbocycles. The van der Waals surface area contributed by atoms with Crippen LogP contribution in [0.15, 0.2) is 0 Å². The summed E-state index contributed by atoms with van der Waals surface area (Å²) in [5, 5.41) is 50.8. The van der Waals surface area contributed by atoms with E-state index in [-0.39, 0.29) is 0 Å². The molecule has 1 aliphatic heterocycles. The average Bonchev–Trinajstić information content (AvgIpc) is 2.56. The molecule has 26 heavy (non-hydrogen) atoms. The highest BCUT2D eigenvalue weighted by molar-refractivity contribution is 7.87. The summed E-state index contributed by atoms with van der Waals surface area (Å²) in [6.45, 7) is -4.86. The monoisotopic (exact) mass is 426 g/mol. The maximum atomic E-state index is 11.5. The first-order chi connectivity index (χ1) is 11.7. The van der Waals surface area contributed by atoms with Crippen LogP contribution in [-0.2, 0) is 20.2 Å². The van der Waals surface area contributed by atoms with Crippen LogP contribution in [0, 0.1) is 0 Å². The molecule has 1 rings (SSSR count). The van der Waals surface area contributed by atoms with Gasteiger partial charge in [0.2, 0.25) is 0 Å². The zero-order chi connectivity index (χ0) is 20.6. The van der Waals surface area contributed by atoms with E-state index in [0.717, 1.165) is 0 Å². The molecule has 156 valence electrons. The van der Waals surface area contributed by atoms with E-state index < -0.39 is 82.0 Å². The Morgan fingerprint density at radius 3 is 1.12 bits per heavy atom. The third kappa shape index (κ3) is 3.86. The van der Waals surface area contributed by atoms with Gasteiger partial charge in [0.1, 0.15) is 12.2 Å². The van der Waals surface area contributed by atoms with Crippen LogP contribution in [0.3, 0.4) is 0 Å². The fraction of sp³-hybridized carbons (Fsp3) is 1.00. The Kier molecular flexibility index (Phi) is 7.11. The summed E-state index contributed by atoms with van der Waals surface area (Å²) in [5.41, 5.74) is 0. The molecule has 0 spiro atoms. The smallest absolute Gasteiger partial charge is 0.312 e. The van der Waals surface area contributed by atoms with Crippen LogP contribution in [0.4, 0.5) is 0 Å². The first-order valence-corrected chi connectivity index (χ1v) is 10.0. The summed E-state index contributed by atoms with van der Waals surface area (Å²) in [6.07, 6.45) is -4.68. The predicted octanol–water partition coefficient (Wildman–Crippen LogP) is -5.62. The summed E-state index contributed by atoms with van der Waals surface area (Å²) in [6, 6.07) is 0. The van der Waals surface area contributed by atoms with Crippen molar-refractivity contribution in [3.8, 4) is 0 Å². The van der Waals surface area contributed by atoms with Crippen molar-refractivity contribution in [1.29, 1.82) is 0 Å². The normalized spacial score (nSPS) is 25.2. The fourth-order valence-electron chi connectivity index (χ4n) is 2.68. The lowest BCUT2D eigenvalue weighted by Gasteiger charge is -2.47. The van der Waals surface area contributed by atoms with Gasteiger partial charge in [0.15, 0.2) is 0 Å². The lowest BCUT2D eigenvalue weighted by molar-refractivity contribution is -0.178. The molecule has 0 radical (unpaired) electrons. The summed E-state index contributed by atoms with van der Waals surface area (Å²) in [5.74, 6) is 0. The van der Waals surface area contributed by atoms with Crippen molar-refractivity contribution in [2.45, 2.75) is 22.3 Å². The number of piperazine rings is 1. The van der Waals surface area contributed by atoms with Crippen LogP contribution in [0.2, 0.25) is 0 Å². The molecule has 0 aromatic heterocycles. The van der Waals surface area contributed by atoms with Crippen LogP contribution in [0.25, 0.3) is 0 Å². The molecule has 1 saturated heterocycles. The molecule has 0 amide bonds. The molecule has 0 aromatic carbocycles. The second kappa shape index (κ2) is 7.86. The van der Waals surface area contributed by atoms with Gasteiger partial charge in [0, 0.05) is 26.2 Å². The van der Waals surface area contributed by atoms with Gasteiger partial charge in [0.25, 0.3) is 10.1 Å². The number of aliphatic hydroxyl groups is 6. The second-order valence-corrected chi connectivity index (χ2v) is 8.74. The van der Waals surface area contributed by atoms with Crippen LogP contribution >= 0.6 is 0 Å². The van der Waals surface area contributed by atoms with Gasteiger partial charge in [0.05, 0.1) is 13.2 Å². The molecule has 1 fully saturated rings. The number of hydrogen-bond acceptors (Lipinski definition) is 12. The molecule has 4 unspecified atom stereocenters. The topological polar surface area (TPSA) is 237 Å². The van der Waals surface area contributed by atoms with Crippen molar-refractivity contribution >= 4 is 20.2 Å². The van der Waals surface area contributed by atoms with Gasteiger partial charge >= 0.3 is 20.2 Å². The van der Waals surface area contributed by atoms with Gasteiger partial charge in [-0.25, -0.2) is 0 Å². The van der Waals surface area contributed by atoms with Gasteiger partial charge in [-0.15, -0.1) is 0 Å².